The van der Waals surface area contributed by atoms with Gasteiger partial charge in [-0.25, -0.2) is 4.99 Å². The predicted octanol–water partition coefficient (Wildman–Crippen LogP) is 6.67. The molecule has 154 valence electrons. The molecule has 0 saturated heterocycles. The fourth-order valence-electron chi connectivity index (χ4n) is 2.61. The van der Waals surface area contributed by atoms with Crippen molar-refractivity contribution >= 4 is 72.0 Å². The van der Waals surface area contributed by atoms with Gasteiger partial charge in [0.25, 0.3) is 5.91 Å². The SMILES string of the molecule is N/C(=N\c1ccc(Br)cc1)SCc1cc(Br)ccc1C(=O)NCc1ccc(Cl)cc1. The Morgan fingerprint density at radius 3 is 2.37 bits per heavy atom. The van der Waals surface area contributed by atoms with Gasteiger partial charge < -0.3 is 11.1 Å². The molecule has 0 unspecified atom stereocenters. The lowest BCUT2D eigenvalue weighted by Crippen LogP contribution is -2.24. The first-order chi connectivity index (χ1) is 14.4. The van der Waals surface area contributed by atoms with Gasteiger partial charge >= 0.3 is 0 Å². The third kappa shape index (κ3) is 6.87. The molecule has 0 aliphatic carbocycles. The molecule has 0 saturated carbocycles. The second kappa shape index (κ2) is 11.0. The van der Waals surface area contributed by atoms with Crippen molar-refractivity contribution in [3.05, 3.63) is 97.4 Å². The first-order valence-corrected chi connectivity index (χ1v) is 11.9. The summed E-state index contributed by atoms with van der Waals surface area (Å²) in [7, 11) is 0. The second-order valence-corrected chi connectivity index (χ2v) is 9.59. The smallest absolute Gasteiger partial charge is 0.251 e. The molecule has 30 heavy (non-hydrogen) atoms. The molecule has 8 heteroatoms. The summed E-state index contributed by atoms with van der Waals surface area (Å²) in [5, 5.41) is 4.06. The maximum absolute atomic E-state index is 12.8. The number of halogens is 3. The van der Waals surface area contributed by atoms with Crippen LogP contribution in [0.1, 0.15) is 21.5 Å². The highest BCUT2D eigenvalue weighted by atomic mass is 79.9. The summed E-state index contributed by atoms with van der Waals surface area (Å²) in [5.74, 6) is 0.381. The van der Waals surface area contributed by atoms with E-state index in [4.69, 9.17) is 17.3 Å². The average Bonchev–Trinajstić information content (AvgIpc) is 2.73. The summed E-state index contributed by atoms with van der Waals surface area (Å²) in [5.41, 5.74) is 9.32. The molecular weight excluding hydrogens is 550 g/mol. The van der Waals surface area contributed by atoms with Crippen LogP contribution in [0.2, 0.25) is 5.02 Å². The number of nitrogens with one attached hydrogen (secondary N) is 1. The van der Waals surface area contributed by atoms with Crippen LogP contribution in [0.15, 0.2) is 80.7 Å². The lowest BCUT2D eigenvalue weighted by atomic mass is 10.1. The van der Waals surface area contributed by atoms with E-state index in [1.807, 2.05) is 48.5 Å². The summed E-state index contributed by atoms with van der Waals surface area (Å²) >= 11 is 14.2. The van der Waals surface area contributed by atoms with E-state index in [0.29, 0.717) is 28.1 Å². The van der Waals surface area contributed by atoms with Gasteiger partial charge in [-0.2, -0.15) is 0 Å². The van der Waals surface area contributed by atoms with E-state index in [-0.39, 0.29) is 5.91 Å². The fourth-order valence-corrected chi connectivity index (χ4v) is 4.12. The van der Waals surface area contributed by atoms with Gasteiger partial charge in [-0.15, -0.1) is 0 Å². The topological polar surface area (TPSA) is 67.5 Å². The van der Waals surface area contributed by atoms with E-state index < -0.39 is 0 Å². The van der Waals surface area contributed by atoms with Gasteiger partial charge in [0.1, 0.15) is 0 Å². The van der Waals surface area contributed by atoms with Gasteiger partial charge in [-0.05, 0) is 65.7 Å². The van der Waals surface area contributed by atoms with Crippen molar-refractivity contribution in [3.63, 3.8) is 0 Å². The van der Waals surface area contributed by atoms with Gasteiger partial charge in [0.15, 0.2) is 5.17 Å². The molecule has 0 bridgehead atoms. The molecule has 3 aromatic rings. The summed E-state index contributed by atoms with van der Waals surface area (Å²) in [6, 6.07) is 20.6. The molecule has 3 rings (SSSR count). The summed E-state index contributed by atoms with van der Waals surface area (Å²) in [6.45, 7) is 0.422. The second-order valence-electron chi connectivity index (χ2n) is 6.33. The van der Waals surface area contributed by atoms with Crippen LogP contribution >= 0.6 is 55.2 Å². The van der Waals surface area contributed by atoms with Crippen molar-refractivity contribution < 1.29 is 4.79 Å². The minimum absolute atomic E-state index is 0.142. The van der Waals surface area contributed by atoms with E-state index in [1.54, 1.807) is 18.2 Å². The largest absolute Gasteiger partial charge is 0.378 e. The number of amides is 1. The van der Waals surface area contributed by atoms with Crippen LogP contribution < -0.4 is 11.1 Å². The van der Waals surface area contributed by atoms with Crippen LogP contribution in [-0.2, 0) is 12.3 Å². The molecule has 0 aliphatic rings. The lowest BCUT2D eigenvalue weighted by molar-refractivity contribution is 0.0950. The quantitative estimate of drug-likeness (QED) is 0.258. The minimum Gasteiger partial charge on any atom is -0.378 e. The molecule has 4 nitrogen and oxygen atoms in total. The van der Waals surface area contributed by atoms with Gasteiger partial charge in [0.05, 0.1) is 5.69 Å². The lowest BCUT2D eigenvalue weighted by Gasteiger charge is -2.11. The monoisotopic (exact) mass is 565 g/mol. The first-order valence-electron chi connectivity index (χ1n) is 8.94. The molecule has 0 fully saturated rings. The standard InChI is InChI=1S/C22H18Br2ClN3OS/c23-16-3-8-19(9-4-16)28-22(26)30-13-15-11-17(24)5-10-20(15)21(29)27-12-14-1-6-18(25)7-2-14/h1-11H,12-13H2,(H2,26,28)(H,27,29). The van der Waals surface area contributed by atoms with Crippen molar-refractivity contribution in [2.45, 2.75) is 12.3 Å². The molecule has 0 aromatic heterocycles. The number of amidine groups is 1. The van der Waals surface area contributed by atoms with E-state index in [2.05, 4.69) is 42.2 Å². The van der Waals surface area contributed by atoms with Gasteiger partial charge in [0, 0.05) is 31.8 Å². The Morgan fingerprint density at radius 2 is 1.67 bits per heavy atom. The Morgan fingerprint density at radius 1 is 1.00 bits per heavy atom. The number of nitrogens with zero attached hydrogens (tertiary/aromatic N) is 1. The fraction of sp³-hybridized carbons (Fsp3) is 0.0909. The first kappa shape index (κ1) is 22.9. The highest BCUT2D eigenvalue weighted by Gasteiger charge is 2.13. The number of carbonyl (C=O) groups excluding carboxylic acids is 1. The maximum atomic E-state index is 12.8. The molecule has 3 N–H and O–H groups in total. The van der Waals surface area contributed by atoms with Crippen LogP contribution in [0, 0.1) is 0 Å². The maximum Gasteiger partial charge on any atom is 0.251 e. The number of thioether (sulfide) groups is 1. The zero-order valence-electron chi connectivity index (χ0n) is 15.7. The predicted molar refractivity (Wildman–Crippen MR) is 133 cm³/mol. The third-order valence-electron chi connectivity index (χ3n) is 4.12. The van der Waals surface area contributed by atoms with E-state index in [9.17, 15) is 4.79 Å². The Bertz CT molecular complexity index is 1060. The number of nitrogens with two attached hydrogens (primary N) is 1. The van der Waals surface area contributed by atoms with E-state index >= 15 is 0 Å². The summed E-state index contributed by atoms with van der Waals surface area (Å²) in [6.07, 6.45) is 0. The molecule has 1 amide bonds. The molecule has 0 heterocycles. The van der Waals surface area contributed by atoms with Crippen LogP contribution in [0.3, 0.4) is 0 Å². The average molecular weight is 568 g/mol. The van der Waals surface area contributed by atoms with Gasteiger partial charge in [-0.1, -0.05) is 67.4 Å². The van der Waals surface area contributed by atoms with Crippen LogP contribution in [0.25, 0.3) is 0 Å². The van der Waals surface area contributed by atoms with Gasteiger partial charge in [-0.3, -0.25) is 4.79 Å². The van der Waals surface area contributed by atoms with E-state index in [0.717, 1.165) is 25.8 Å². The highest BCUT2D eigenvalue weighted by Crippen LogP contribution is 2.23. The third-order valence-corrected chi connectivity index (χ3v) is 6.24. The molecule has 0 radical (unpaired) electrons. The summed E-state index contributed by atoms with van der Waals surface area (Å²) in [4.78, 5) is 17.2. The zero-order chi connectivity index (χ0) is 21.5. The van der Waals surface area contributed by atoms with Crippen LogP contribution in [-0.4, -0.2) is 11.1 Å². The number of hydrogen-bond donors (Lipinski definition) is 2. The van der Waals surface area contributed by atoms with Crippen molar-refractivity contribution in [2.75, 3.05) is 0 Å². The molecule has 3 aromatic carbocycles. The number of benzene rings is 3. The molecular formula is C22H18Br2ClN3OS. The van der Waals surface area contributed by atoms with Crippen molar-refractivity contribution in [2.24, 2.45) is 10.7 Å². The molecule has 0 aliphatic heterocycles. The zero-order valence-corrected chi connectivity index (χ0v) is 20.5. The normalized spacial score (nSPS) is 11.4. The minimum atomic E-state index is -0.142. The number of rotatable bonds is 6. The van der Waals surface area contributed by atoms with Crippen LogP contribution in [0.4, 0.5) is 5.69 Å². The summed E-state index contributed by atoms with van der Waals surface area (Å²) < 4.78 is 1.88. The molecule has 0 spiro atoms. The number of aliphatic imine (C=N–C) groups is 1. The van der Waals surface area contributed by atoms with Gasteiger partial charge in [0.2, 0.25) is 0 Å². The van der Waals surface area contributed by atoms with Crippen LogP contribution in [0.5, 0.6) is 0 Å². The Kier molecular flexibility index (Phi) is 8.39. The Balaban J connectivity index is 1.67. The number of carbonyl (C=O) groups is 1. The van der Waals surface area contributed by atoms with Crippen molar-refractivity contribution in [3.8, 4) is 0 Å². The Hall–Kier alpha value is -1.80. The Labute approximate surface area is 201 Å². The van der Waals surface area contributed by atoms with Crippen molar-refractivity contribution in [1.29, 1.82) is 0 Å². The van der Waals surface area contributed by atoms with E-state index in [1.165, 1.54) is 11.8 Å². The highest BCUT2D eigenvalue weighted by molar-refractivity contribution is 9.10. The van der Waals surface area contributed by atoms with Crippen molar-refractivity contribution in [1.82, 2.24) is 5.32 Å². The number of hydrogen-bond acceptors (Lipinski definition) is 3. The molecule has 0 atom stereocenters.